The predicted octanol–water partition coefficient (Wildman–Crippen LogP) is 3.26. The largest absolute Gasteiger partial charge is 0.497 e. The van der Waals surface area contributed by atoms with Gasteiger partial charge in [-0.2, -0.15) is 0 Å². The third-order valence-corrected chi connectivity index (χ3v) is 3.69. The van der Waals surface area contributed by atoms with Gasteiger partial charge in [0.25, 0.3) is 0 Å². The fraction of sp³-hybridized carbons (Fsp3) is 0.316. The topological polar surface area (TPSA) is 47.6 Å². The van der Waals surface area contributed by atoms with Crippen molar-refractivity contribution < 1.29 is 14.3 Å². The van der Waals surface area contributed by atoms with Crippen molar-refractivity contribution in [3.05, 3.63) is 59.2 Å². The summed E-state index contributed by atoms with van der Waals surface area (Å²) < 4.78 is 10.5. The van der Waals surface area contributed by atoms with Crippen LogP contribution in [-0.4, -0.2) is 20.1 Å². The first kappa shape index (κ1) is 16.9. The molecular formula is C19H23NO3. The van der Waals surface area contributed by atoms with Gasteiger partial charge in [-0.25, -0.2) is 0 Å². The zero-order valence-electron chi connectivity index (χ0n) is 13.9. The minimum atomic E-state index is 0.0244. The van der Waals surface area contributed by atoms with Crippen LogP contribution in [0.25, 0.3) is 0 Å². The van der Waals surface area contributed by atoms with Gasteiger partial charge in [-0.05, 0) is 37.1 Å². The molecule has 0 aliphatic rings. The van der Waals surface area contributed by atoms with Crippen molar-refractivity contribution in [3.63, 3.8) is 0 Å². The standard InChI is InChI=1S/C19H23NO3/c1-14-5-4-6-15(11-14)7-10-19(21)20-13-16-12-17(22-2)8-9-18(16)23-3/h4-6,8-9,11-12H,7,10,13H2,1-3H3,(H,20,21). The quantitative estimate of drug-likeness (QED) is 0.853. The maximum Gasteiger partial charge on any atom is 0.220 e. The van der Waals surface area contributed by atoms with E-state index in [9.17, 15) is 4.79 Å². The fourth-order valence-corrected chi connectivity index (χ4v) is 2.43. The average Bonchev–Trinajstić information content (AvgIpc) is 2.57. The highest BCUT2D eigenvalue weighted by molar-refractivity contribution is 5.76. The van der Waals surface area contributed by atoms with Crippen LogP contribution in [0.2, 0.25) is 0 Å². The molecule has 0 aromatic heterocycles. The number of benzene rings is 2. The van der Waals surface area contributed by atoms with Crippen LogP contribution >= 0.6 is 0 Å². The van der Waals surface area contributed by atoms with Crippen molar-refractivity contribution in [2.24, 2.45) is 0 Å². The Morgan fingerprint density at radius 1 is 1.09 bits per heavy atom. The first-order valence-corrected chi connectivity index (χ1v) is 7.65. The molecule has 2 aromatic carbocycles. The molecule has 0 aliphatic heterocycles. The van der Waals surface area contributed by atoms with E-state index in [0.29, 0.717) is 13.0 Å². The van der Waals surface area contributed by atoms with Gasteiger partial charge in [0.05, 0.1) is 14.2 Å². The van der Waals surface area contributed by atoms with Gasteiger partial charge in [0.15, 0.2) is 0 Å². The lowest BCUT2D eigenvalue weighted by molar-refractivity contribution is -0.121. The summed E-state index contributed by atoms with van der Waals surface area (Å²) in [6.07, 6.45) is 1.21. The molecule has 0 fully saturated rings. The third-order valence-electron chi connectivity index (χ3n) is 3.69. The second kappa shape index (κ2) is 8.22. The normalized spacial score (nSPS) is 10.2. The lowest BCUT2D eigenvalue weighted by atomic mass is 10.1. The van der Waals surface area contributed by atoms with Crippen molar-refractivity contribution in [1.29, 1.82) is 0 Å². The Labute approximate surface area is 137 Å². The predicted molar refractivity (Wildman–Crippen MR) is 90.9 cm³/mol. The lowest BCUT2D eigenvalue weighted by Gasteiger charge is -2.11. The van der Waals surface area contributed by atoms with E-state index in [4.69, 9.17) is 9.47 Å². The van der Waals surface area contributed by atoms with Gasteiger partial charge in [0, 0.05) is 18.5 Å². The molecule has 23 heavy (non-hydrogen) atoms. The van der Waals surface area contributed by atoms with Crippen LogP contribution in [0, 0.1) is 6.92 Å². The number of hydrogen-bond donors (Lipinski definition) is 1. The Hall–Kier alpha value is -2.49. The average molecular weight is 313 g/mol. The van der Waals surface area contributed by atoms with Gasteiger partial charge in [0.2, 0.25) is 5.91 Å². The summed E-state index contributed by atoms with van der Waals surface area (Å²) in [5.41, 5.74) is 3.29. The Morgan fingerprint density at radius 2 is 1.91 bits per heavy atom. The lowest BCUT2D eigenvalue weighted by Crippen LogP contribution is -2.23. The molecule has 2 rings (SSSR count). The molecule has 0 spiro atoms. The number of aryl methyl sites for hydroxylation is 2. The van der Waals surface area contributed by atoms with E-state index in [1.807, 2.05) is 30.3 Å². The Kier molecular flexibility index (Phi) is 6.03. The highest BCUT2D eigenvalue weighted by Gasteiger charge is 2.08. The molecule has 4 heteroatoms. The summed E-state index contributed by atoms with van der Waals surface area (Å²) in [4.78, 5) is 12.0. The number of nitrogens with one attached hydrogen (secondary N) is 1. The van der Waals surface area contributed by atoms with E-state index in [0.717, 1.165) is 23.5 Å². The number of carbonyl (C=O) groups excluding carboxylic acids is 1. The van der Waals surface area contributed by atoms with Gasteiger partial charge < -0.3 is 14.8 Å². The van der Waals surface area contributed by atoms with E-state index in [2.05, 4.69) is 24.4 Å². The first-order chi connectivity index (χ1) is 11.1. The molecule has 122 valence electrons. The molecule has 0 bridgehead atoms. The molecule has 0 aliphatic carbocycles. The summed E-state index contributed by atoms with van der Waals surface area (Å²) in [5.74, 6) is 1.51. The first-order valence-electron chi connectivity index (χ1n) is 7.65. The second-order valence-corrected chi connectivity index (χ2v) is 5.44. The molecule has 0 unspecified atom stereocenters. The van der Waals surface area contributed by atoms with Crippen molar-refractivity contribution in [2.75, 3.05) is 14.2 Å². The van der Waals surface area contributed by atoms with Crippen LogP contribution in [-0.2, 0) is 17.8 Å². The zero-order valence-corrected chi connectivity index (χ0v) is 13.9. The van der Waals surface area contributed by atoms with Gasteiger partial charge in [-0.3, -0.25) is 4.79 Å². The van der Waals surface area contributed by atoms with Gasteiger partial charge in [-0.1, -0.05) is 29.8 Å². The van der Waals surface area contributed by atoms with Crippen molar-refractivity contribution in [2.45, 2.75) is 26.3 Å². The Balaban J connectivity index is 1.89. The molecule has 0 heterocycles. The number of rotatable bonds is 7. The van der Waals surface area contributed by atoms with E-state index in [1.54, 1.807) is 14.2 Å². The maximum atomic E-state index is 12.0. The number of hydrogen-bond acceptors (Lipinski definition) is 3. The van der Waals surface area contributed by atoms with E-state index < -0.39 is 0 Å². The summed E-state index contributed by atoms with van der Waals surface area (Å²) in [6, 6.07) is 13.8. The molecule has 4 nitrogen and oxygen atoms in total. The van der Waals surface area contributed by atoms with Crippen LogP contribution in [0.15, 0.2) is 42.5 Å². The molecular weight excluding hydrogens is 290 g/mol. The number of methoxy groups -OCH3 is 2. The van der Waals surface area contributed by atoms with Crippen LogP contribution in [0.3, 0.4) is 0 Å². The SMILES string of the molecule is COc1ccc(OC)c(CNC(=O)CCc2cccc(C)c2)c1. The molecule has 2 aromatic rings. The zero-order chi connectivity index (χ0) is 16.7. The summed E-state index contributed by atoms with van der Waals surface area (Å²) in [7, 11) is 3.23. The minimum absolute atomic E-state index is 0.0244. The maximum absolute atomic E-state index is 12.0. The van der Waals surface area contributed by atoms with E-state index in [1.165, 1.54) is 11.1 Å². The summed E-state index contributed by atoms with van der Waals surface area (Å²) in [5, 5.41) is 2.94. The highest BCUT2D eigenvalue weighted by atomic mass is 16.5. The Bertz CT molecular complexity index is 667. The molecule has 0 radical (unpaired) electrons. The highest BCUT2D eigenvalue weighted by Crippen LogP contribution is 2.23. The monoisotopic (exact) mass is 313 g/mol. The van der Waals surface area contributed by atoms with Gasteiger partial charge in [0.1, 0.15) is 11.5 Å². The molecule has 0 saturated carbocycles. The fourth-order valence-electron chi connectivity index (χ4n) is 2.43. The third kappa shape index (κ3) is 5.02. The minimum Gasteiger partial charge on any atom is -0.497 e. The summed E-state index contributed by atoms with van der Waals surface area (Å²) in [6.45, 7) is 2.48. The molecule has 1 amide bonds. The smallest absolute Gasteiger partial charge is 0.220 e. The summed E-state index contributed by atoms with van der Waals surface area (Å²) >= 11 is 0. The Morgan fingerprint density at radius 3 is 2.61 bits per heavy atom. The van der Waals surface area contributed by atoms with E-state index >= 15 is 0 Å². The van der Waals surface area contributed by atoms with Gasteiger partial charge >= 0.3 is 0 Å². The van der Waals surface area contributed by atoms with Crippen molar-refractivity contribution in [3.8, 4) is 11.5 Å². The molecule has 1 N–H and O–H groups in total. The number of ether oxygens (including phenoxy) is 2. The van der Waals surface area contributed by atoms with Crippen molar-refractivity contribution in [1.82, 2.24) is 5.32 Å². The van der Waals surface area contributed by atoms with Crippen molar-refractivity contribution >= 4 is 5.91 Å². The second-order valence-electron chi connectivity index (χ2n) is 5.44. The molecule has 0 atom stereocenters. The van der Waals surface area contributed by atoms with Gasteiger partial charge in [-0.15, -0.1) is 0 Å². The number of amides is 1. The number of carbonyl (C=O) groups is 1. The van der Waals surface area contributed by atoms with E-state index in [-0.39, 0.29) is 5.91 Å². The molecule has 0 saturated heterocycles. The van der Waals surface area contributed by atoms with Crippen LogP contribution in [0.5, 0.6) is 11.5 Å². The van der Waals surface area contributed by atoms with Crippen LogP contribution in [0.4, 0.5) is 0 Å². The van der Waals surface area contributed by atoms with Crippen LogP contribution in [0.1, 0.15) is 23.1 Å². The van der Waals surface area contributed by atoms with Crippen LogP contribution < -0.4 is 14.8 Å².